The van der Waals surface area contributed by atoms with Crippen molar-refractivity contribution >= 4 is 11.8 Å². The Balaban J connectivity index is 4.04. The van der Waals surface area contributed by atoms with Crippen LogP contribution in [-0.4, -0.2) is 49.4 Å². The highest BCUT2D eigenvalue weighted by atomic mass is 16.2. The van der Waals surface area contributed by atoms with Gasteiger partial charge >= 0.3 is 0 Å². The maximum atomic E-state index is 11.8. The predicted molar refractivity (Wildman–Crippen MR) is 68.7 cm³/mol. The molecule has 0 saturated carbocycles. The minimum atomic E-state index is -0.0937. The van der Waals surface area contributed by atoms with Crippen molar-refractivity contribution in [2.24, 2.45) is 0 Å². The molecule has 2 N–H and O–H groups in total. The molecule has 0 aromatic rings. The average Bonchev–Trinajstić information content (AvgIpc) is 2.25. The summed E-state index contributed by atoms with van der Waals surface area (Å²) in [6.07, 6.45) is 1.29. The Kier molecular flexibility index (Phi) is 8.40. The fraction of sp³-hybridized carbons (Fsp3) is 0.833. The third-order valence-corrected chi connectivity index (χ3v) is 2.34. The lowest BCUT2D eigenvalue weighted by atomic mass is 10.2. The molecule has 0 spiro atoms. The SMILES string of the molecule is CCN(CC(=O)NC(C)C)C(=O)CCCNC. The first kappa shape index (κ1) is 15.9. The molecule has 0 unspecified atom stereocenters. The van der Waals surface area contributed by atoms with Crippen molar-refractivity contribution in [3.8, 4) is 0 Å². The minimum Gasteiger partial charge on any atom is -0.352 e. The van der Waals surface area contributed by atoms with Gasteiger partial charge in [0.15, 0.2) is 0 Å². The monoisotopic (exact) mass is 243 g/mol. The van der Waals surface area contributed by atoms with E-state index in [0.29, 0.717) is 13.0 Å². The van der Waals surface area contributed by atoms with Crippen LogP contribution >= 0.6 is 0 Å². The maximum absolute atomic E-state index is 11.8. The van der Waals surface area contributed by atoms with E-state index in [2.05, 4.69) is 10.6 Å². The number of nitrogens with zero attached hydrogens (tertiary/aromatic N) is 1. The van der Waals surface area contributed by atoms with E-state index in [1.165, 1.54) is 0 Å². The second kappa shape index (κ2) is 8.98. The number of carbonyl (C=O) groups excluding carboxylic acids is 2. The smallest absolute Gasteiger partial charge is 0.239 e. The third kappa shape index (κ3) is 7.74. The Morgan fingerprint density at radius 2 is 1.94 bits per heavy atom. The van der Waals surface area contributed by atoms with Gasteiger partial charge in [0.2, 0.25) is 11.8 Å². The van der Waals surface area contributed by atoms with Crippen molar-refractivity contribution in [3.63, 3.8) is 0 Å². The second-order valence-corrected chi connectivity index (χ2v) is 4.34. The summed E-state index contributed by atoms with van der Waals surface area (Å²) in [6, 6.07) is 0.112. The molecule has 0 fully saturated rings. The normalized spacial score (nSPS) is 10.4. The Hall–Kier alpha value is -1.10. The molecule has 2 amide bonds. The van der Waals surface area contributed by atoms with Crippen molar-refractivity contribution in [1.29, 1.82) is 0 Å². The molecule has 0 atom stereocenters. The van der Waals surface area contributed by atoms with Crippen molar-refractivity contribution in [3.05, 3.63) is 0 Å². The molecule has 0 aromatic heterocycles. The molecule has 0 rings (SSSR count). The number of rotatable bonds is 8. The third-order valence-electron chi connectivity index (χ3n) is 2.34. The molecule has 17 heavy (non-hydrogen) atoms. The molecular weight excluding hydrogens is 218 g/mol. The van der Waals surface area contributed by atoms with E-state index < -0.39 is 0 Å². The van der Waals surface area contributed by atoms with E-state index in [1.54, 1.807) is 4.90 Å². The molecule has 0 heterocycles. The van der Waals surface area contributed by atoms with Crippen LogP contribution in [0.25, 0.3) is 0 Å². The van der Waals surface area contributed by atoms with Crippen LogP contribution in [0.5, 0.6) is 0 Å². The first-order valence-electron chi connectivity index (χ1n) is 6.23. The summed E-state index contributed by atoms with van der Waals surface area (Å²) >= 11 is 0. The van der Waals surface area contributed by atoms with Gasteiger partial charge in [-0.2, -0.15) is 0 Å². The number of hydrogen-bond acceptors (Lipinski definition) is 3. The number of likely N-dealkylation sites (N-methyl/N-ethyl adjacent to an activating group) is 1. The molecule has 0 aliphatic heterocycles. The van der Waals surface area contributed by atoms with Crippen LogP contribution < -0.4 is 10.6 Å². The van der Waals surface area contributed by atoms with Gasteiger partial charge in [-0.15, -0.1) is 0 Å². The lowest BCUT2D eigenvalue weighted by Crippen LogP contribution is -2.42. The zero-order chi connectivity index (χ0) is 13.3. The van der Waals surface area contributed by atoms with Gasteiger partial charge in [-0.05, 0) is 40.8 Å². The Labute approximate surface area is 104 Å². The first-order chi connectivity index (χ1) is 8.01. The predicted octanol–water partition coefficient (Wildman–Crippen LogP) is 0.359. The number of nitrogens with one attached hydrogen (secondary N) is 2. The molecule has 5 heteroatoms. The highest BCUT2D eigenvalue weighted by Crippen LogP contribution is 1.97. The molecular formula is C12H25N3O2. The van der Waals surface area contributed by atoms with E-state index in [-0.39, 0.29) is 24.4 Å². The lowest BCUT2D eigenvalue weighted by molar-refractivity contribution is -0.136. The van der Waals surface area contributed by atoms with Gasteiger partial charge in [0.1, 0.15) is 0 Å². The van der Waals surface area contributed by atoms with Crippen LogP contribution in [0.4, 0.5) is 0 Å². The van der Waals surface area contributed by atoms with E-state index in [0.717, 1.165) is 13.0 Å². The molecule has 0 saturated heterocycles. The molecule has 0 aliphatic carbocycles. The standard InChI is InChI=1S/C12H25N3O2/c1-5-15(9-11(16)14-10(2)3)12(17)7-6-8-13-4/h10,13H,5-9H2,1-4H3,(H,14,16). The van der Waals surface area contributed by atoms with Gasteiger partial charge in [0.05, 0.1) is 6.54 Å². The summed E-state index contributed by atoms with van der Waals surface area (Å²) < 4.78 is 0. The summed E-state index contributed by atoms with van der Waals surface area (Å²) in [5.41, 5.74) is 0. The van der Waals surface area contributed by atoms with Gasteiger partial charge in [-0.3, -0.25) is 9.59 Å². The number of hydrogen-bond donors (Lipinski definition) is 2. The summed E-state index contributed by atoms with van der Waals surface area (Å²) in [7, 11) is 1.86. The topological polar surface area (TPSA) is 61.4 Å². The fourth-order valence-electron chi connectivity index (χ4n) is 1.49. The summed E-state index contributed by atoms with van der Waals surface area (Å²) in [6.45, 7) is 7.25. The van der Waals surface area contributed by atoms with E-state index >= 15 is 0 Å². The van der Waals surface area contributed by atoms with E-state index in [9.17, 15) is 9.59 Å². The van der Waals surface area contributed by atoms with Crippen molar-refractivity contribution in [2.75, 3.05) is 26.7 Å². The first-order valence-corrected chi connectivity index (χ1v) is 6.23. The van der Waals surface area contributed by atoms with Gasteiger partial charge in [0.25, 0.3) is 0 Å². The second-order valence-electron chi connectivity index (χ2n) is 4.34. The maximum Gasteiger partial charge on any atom is 0.239 e. The quantitative estimate of drug-likeness (QED) is 0.605. The average molecular weight is 243 g/mol. The van der Waals surface area contributed by atoms with Crippen molar-refractivity contribution < 1.29 is 9.59 Å². The molecule has 0 aromatic carbocycles. The van der Waals surface area contributed by atoms with Gasteiger partial charge in [-0.1, -0.05) is 0 Å². The minimum absolute atomic E-state index is 0.0432. The van der Waals surface area contributed by atoms with Crippen LogP contribution in [0, 0.1) is 0 Å². The summed E-state index contributed by atoms with van der Waals surface area (Å²) in [5, 5.41) is 5.78. The summed E-state index contributed by atoms with van der Waals surface area (Å²) in [5.74, 6) is -0.0505. The number of amides is 2. The van der Waals surface area contributed by atoms with Crippen LogP contribution in [0.1, 0.15) is 33.6 Å². The van der Waals surface area contributed by atoms with Gasteiger partial charge in [0, 0.05) is 19.0 Å². The highest BCUT2D eigenvalue weighted by Gasteiger charge is 2.15. The Bertz CT molecular complexity index is 242. The Morgan fingerprint density at radius 1 is 1.29 bits per heavy atom. The van der Waals surface area contributed by atoms with Gasteiger partial charge < -0.3 is 15.5 Å². The fourth-order valence-corrected chi connectivity index (χ4v) is 1.49. The van der Waals surface area contributed by atoms with Crippen LogP contribution in [0.2, 0.25) is 0 Å². The molecule has 0 bridgehead atoms. The largest absolute Gasteiger partial charge is 0.352 e. The zero-order valence-corrected chi connectivity index (χ0v) is 11.4. The van der Waals surface area contributed by atoms with Gasteiger partial charge in [-0.25, -0.2) is 0 Å². The Morgan fingerprint density at radius 3 is 2.41 bits per heavy atom. The van der Waals surface area contributed by atoms with Crippen LogP contribution in [0.3, 0.4) is 0 Å². The van der Waals surface area contributed by atoms with Crippen LogP contribution in [-0.2, 0) is 9.59 Å². The number of carbonyl (C=O) groups is 2. The highest BCUT2D eigenvalue weighted by molar-refractivity contribution is 5.84. The zero-order valence-electron chi connectivity index (χ0n) is 11.4. The molecule has 0 aliphatic rings. The van der Waals surface area contributed by atoms with E-state index in [4.69, 9.17) is 0 Å². The van der Waals surface area contributed by atoms with E-state index in [1.807, 2.05) is 27.8 Å². The molecule has 0 radical (unpaired) electrons. The summed E-state index contributed by atoms with van der Waals surface area (Å²) in [4.78, 5) is 24.9. The van der Waals surface area contributed by atoms with Crippen LogP contribution in [0.15, 0.2) is 0 Å². The van der Waals surface area contributed by atoms with Crippen molar-refractivity contribution in [1.82, 2.24) is 15.5 Å². The molecule has 100 valence electrons. The van der Waals surface area contributed by atoms with Crippen molar-refractivity contribution in [2.45, 2.75) is 39.7 Å². The lowest BCUT2D eigenvalue weighted by Gasteiger charge is -2.21. The molecule has 5 nitrogen and oxygen atoms in total.